The molecular weight excluding hydrogens is 230 g/mol. The average molecular weight is 245 g/mol. The molecule has 2 N–H and O–H groups in total. The van der Waals surface area contributed by atoms with Crippen LogP contribution in [0.5, 0.6) is 17.4 Å². The van der Waals surface area contributed by atoms with Crippen LogP contribution in [0.25, 0.3) is 0 Å². The molecule has 0 radical (unpaired) electrons. The van der Waals surface area contributed by atoms with Crippen molar-refractivity contribution in [3.63, 3.8) is 0 Å². The number of nitrogens with two attached hydrogens (primary N) is 1. The Labute approximate surface area is 106 Å². The Balaban J connectivity index is 2.33. The van der Waals surface area contributed by atoms with E-state index in [-0.39, 0.29) is 0 Å². The van der Waals surface area contributed by atoms with Crippen molar-refractivity contribution in [3.05, 3.63) is 35.8 Å². The molecule has 5 heteroatoms. The number of nitrogen functional groups attached to an aromatic ring is 1. The molecule has 0 saturated heterocycles. The zero-order valence-electron chi connectivity index (χ0n) is 10.6. The molecule has 0 unspecified atom stereocenters. The van der Waals surface area contributed by atoms with Crippen LogP contribution in [0, 0.1) is 13.8 Å². The van der Waals surface area contributed by atoms with Crippen LogP contribution in [0.4, 0.5) is 5.69 Å². The number of anilines is 1. The number of ether oxygens (including phenoxy) is 2. The van der Waals surface area contributed by atoms with Gasteiger partial charge in [-0.05, 0) is 26.0 Å². The molecule has 0 bridgehead atoms. The van der Waals surface area contributed by atoms with Crippen LogP contribution in [-0.2, 0) is 0 Å². The zero-order valence-corrected chi connectivity index (χ0v) is 10.6. The van der Waals surface area contributed by atoms with Gasteiger partial charge in [0.25, 0.3) is 0 Å². The highest BCUT2D eigenvalue weighted by molar-refractivity contribution is 5.56. The third-order valence-corrected chi connectivity index (χ3v) is 2.38. The molecule has 0 amide bonds. The molecule has 2 aromatic rings. The first-order chi connectivity index (χ1) is 8.58. The summed E-state index contributed by atoms with van der Waals surface area (Å²) in [5.74, 6) is 2.33. The monoisotopic (exact) mass is 245 g/mol. The van der Waals surface area contributed by atoms with Gasteiger partial charge in [-0.25, -0.2) is 4.98 Å². The van der Waals surface area contributed by atoms with Gasteiger partial charge < -0.3 is 15.2 Å². The van der Waals surface area contributed by atoms with E-state index in [1.165, 1.54) is 0 Å². The summed E-state index contributed by atoms with van der Waals surface area (Å²) >= 11 is 0. The summed E-state index contributed by atoms with van der Waals surface area (Å²) in [6, 6.07) is 6.99. The van der Waals surface area contributed by atoms with E-state index >= 15 is 0 Å². The minimum Gasteiger partial charge on any atom is -0.497 e. The van der Waals surface area contributed by atoms with Crippen LogP contribution < -0.4 is 15.2 Å². The molecule has 94 valence electrons. The molecular formula is C13H15N3O2. The molecule has 0 fully saturated rings. The SMILES string of the molecule is COc1ccc(N)c(Oc2cc(C)nc(C)n2)c1. The Bertz CT molecular complexity index is 550. The number of aryl methyl sites for hydroxylation is 2. The lowest BCUT2D eigenvalue weighted by Gasteiger charge is -2.10. The fourth-order valence-electron chi connectivity index (χ4n) is 1.58. The van der Waals surface area contributed by atoms with Gasteiger partial charge in [-0.2, -0.15) is 4.98 Å². The van der Waals surface area contributed by atoms with E-state index in [0.29, 0.717) is 28.9 Å². The Morgan fingerprint density at radius 3 is 2.56 bits per heavy atom. The van der Waals surface area contributed by atoms with E-state index in [2.05, 4.69) is 9.97 Å². The van der Waals surface area contributed by atoms with Gasteiger partial charge in [-0.15, -0.1) is 0 Å². The van der Waals surface area contributed by atoms with E-state index in [1.54, 1.807) is 31.4 Å². The normalized spacial score (nSPS) is 10.2. The van der Waals surface area contributed by atoms with Crippen molar-refractivity contribution >= 4 is 5.69 Å². The van der Waals surface area contributed by atoms with E-state index < -0.39 is 0 Å². The second-order valence-electron chi connectivity index (χ2n) is 3.90. The lowest BCUT2D eigenvalue weighted by molar-refractivity contribution is 0.407. The van der Waals surface area contributed by atoms with Crippen LogP contribution in [0.3, 0.4) is 0 Å². The van der Waals surface area contributed by atoms with Crippen molar-refractivity contribution in [1.82, 2.24) is 9.97 Å². The van der Waals surface area contributed by atoms with Crippen LogP contribution in [0.1, 0.15) is 11.5 Å². The number of nitrogens with zero attached hydrogens (tertiary/aromatic N) is 2. The Kier molecular flexibility index (Phi) is 3.32. The summed E-state index contributed by atoms with van der Waals surface area (Å²) in [6.07, 6.45) is 0. The first kappa shape index (κ1) is 12.2. The second kappa shape index (κ2) is 4.91. The summed E-state index contributed by atoms with van der Waals surface area (Å²) < 4.78 is 10.8. The molecule has 1 aromatic heterocycles. The maximum Gasteiger partial charge on any atom is 0.222 e. The topological polar surface area (TPSA) is 70.3 Å². The molecule has 2 rings (SSSR count). The average Bonchev–Trinajstić information content (AvgIpc) is 2.30. The number of rotatable bonds is 3. The molecule has 0 atom stereocenters. The fraction of sp³-hybridized carbons (Fsp3) is 0.231. The summed E-state index contributed by atoms with van der Waals surface area (Å²) in [4.78, 5) is 8.38. The maximum atomic E-state index is 5.84. The molecule has 18 heavy (non-hydrogen) atoms. The van der Waals surface area contributed by atoms with Gasteiger partial charge in [0.05, 0.1) is 12.8 Å². The van der Waals surface area contributed by atoms with Crippen molar-refractivity contribution < 1.29 is 9.47 Å². The van der Waals surface area contributed by atoms with E-state index in [1.807, 2.05) is 13.8 Å². The molecule has 0 aliphatic carbocycles. The van der Waals surface area contributed by atoms with Crippen LogP contribution in [0.2, 0.25) is 0 Å². The van der Waals surface area contributed by atoms with Gasteiger partial charge in [0, 0.05) is 17.8 Å². The number of benzene rings is 1. The molecule has 0 aliphatic heterocycles. The highest BCUT2D eigenvalue weighted by Gasteiger charge is 2.06. The summed E-state index contributed by atoms with van der Waals surface area (Å²) in [6.45, 7) is 3.70. The third kappa shape index (κ3) is 2.68. The Hall–Kier alpha value is -2.30. The molecule has 1 aromatic carbocycles. The van der Waals surface area contributed by atoms with Gasteiger partial charge >= 0.3 is 0 Å². The quantitative estimate of drug-likeness (QED) is 0.841. The minimum atomic E-state index is 0.472. The predicted molar refractivity (Wildman–Crippen MR) is 69.0 cm³/mol. The summed E-state index contributed by atoms with van der Waals surface area (Å²) in [7, 11) is 1.59. The molecule has 0 saturated carbocycles. The van der Waals surface area contributed by atoms with Crippen LogP contribution >= 0.6 is 0 Å². The Morgan fingerprint density at radius 1 is 1.11 bits per heavy atom. The van der Waals surface area contributed by atoms with E-state index in [9.17, 15) is 0 Å². The third-order valence-electron chi connectivity index (χ3n) is 2.38. The predicted octanol–water partition coefficient (Wildman–Crippen LogP) is 2.48. The van der Waals surface area contributed by atoms with Crippen LogP contribution in [-0.4, -0.2) is 17.1 Å². The molecule has 0 aliphatic rings. The van der Waals surface area contributed by atoms with E-state index in [0.717, 1.165) is 5.69 Å². The van der Waals surface area contributed by atoms with Gasteiger partial charge in [-0.1, -0.05) is 0 Å². The summed E-state index contributed by atoms with van der Waals surface area (Å²) in [5.41, 5.74) is 7.22. The highest BCUT2D eigenvalue weighted by Crippen LogP contribution is 2.30. The first-order valence-electron chi connectivity index (χ1n) is 5.52. The van der Waals surface area contributed by atoms with Crippen molar-refractivity contribution in [2.75, 3.05) is 12.8 Å². The largest absolute Gasteiger partial charge is 0.497 e. The maximum absolute atomic E-state index is 5.84. The summed E-state index contributed by atoms with van der Waals surface area (Å²) in [5, 5.41) is 0. The lowest BCUT2D eigenvalue weighted by Crippen LogP contribution is -1.98. The smallest absolute Gasteiger partial charge is 0.222 e. The number of aromatic nitrogens is 2. The van der Waals surface area contributed by atoms with Crippen molar-refractivity contribution in [1.29, 1.82) is 0 Å². The van der Waals surface area contributed by atoms with Gasteiger partial charge in [0.1, 0.15) is 11.6 Å². The Morgan fingerprint density at radius 2 is 1.89 bits per heavy atom. The minimum absolute atomic E-state index is 0.472. The van der Waals surface area contributed by atoms with Gasteiger partial charge in [-0.3, -0.25) is 0 Å². The van der Waals surface area contributed by atoms with Crippen LogP contribution in [0.15, 0.2) is 24.3 Å². The highest BCUT2D eigenvalue weighted by atomic mass is 16.5. The number of hydrogen-bond donors (Lipinski definition) is 1. The number of hydrogen-bond acceptors (Lipinski definition) is 5. The van der Waals surface area contributed by atoms with Gasteiger partial charge in [0.2, 0.25) is 5.88 Å². The van der Waals surface area contributed by atoms with Crippen molar-refractivity contribution in [2.24, 2.45) is 0 Å². The molecule has 0 spiro atoms. The molecule has 1 heterocycles. The first-order valence-corrected chi connectivity index (χ1v) is 5.52. The second-order valence-corrected chi connectivity index (χ2v) is 3.90. The zero-order chi connectivity index (χ0) is 13.1. The standard InChI is InChI=1S/C13H15N3O2/c1-8-6-13(16-9(2)15-8)18-12-7-10(17-3)4-5-11(12)14/h4-7H,14H2,1-3H3. The van der Waals surface area contributed by atoms with Crippen molar-refractivity contribution in [3.8, 4) is 17.4 Å². The lowest BCUT2D eigenvalue weighted by atomic mass is 10.3. The van der Waals surface area contributed by atoms with E-state index in [4.69, 9.17) is 15.2 Å². The fourth-order valence-corrected chi connectivity index (χ4v) is 1.58. The number of methoxy groups -OCH3 is 1. The molecule has 5 nitrogen and oxygen atoms in total. The van der Waals surface area contributed by atoms with Gasteiger partial charge in [0.15, 0.2) is 5.75 Å². The van der Waals surface area contributed by atoms with Crippen molar-refractivity contribution in [2.45, 2.75) is 13.8 Å².